The highest BCUT2D eigenvalue weighted by molar-refractivity contribution is 9.10. The summed E-state index contributed by atoms with van der Waals surface area (Å²) < 4.78 is 5.58. The molecule has 22 heavy (non-hydrogen) atoms. The average Bonchev–Trinajstić information content (AvgIpc) is 2.83. The largest absolute Gasteiger partial charge is 0.503 e. The van der Waals surface area contributed by atoms with E-state index in [4.69, 9.17) is 4.74 Å². The molecule has 0 fully saturated rings. The number of ether oxygens (including phenoxy) is 1. The molecule has 2 aromatic rings. The Kier molecular flexibility index (Phi) is 5.15. The van der Waals surface area contributed by atoms with Crippen molar-refractivity contribution in [2.45, 2.75) is 13.8 Å². The lowest BCUT2D eigenvalue weighted by Crippen LogP contribution is -1.92. The molecule has 1 aromatic carbocycles. The first-order chi connectivity index (χ1) is 10.4. The predicted molar refractivity (Wildman–Crippen MR) is 90.4 cm³/mol. The SMILES string of the molecule is COc1cc(C=NNc2nc(C)c(C(C)=O)s2)cc(Br)c1O. The number of ketones is 1. The molecule has 0 unspecified atom stereocenters. The number of aryl methyl sites for hydroxylation is 1. The molecular formula is C14H14BrN3O3S. The van der Waals surface area contributed by atoms with Crippen molar-refractivity contribution in [3.05, 3.63) is 32.7 Å². The maximum atomic E-state index is 11.4. The first kappa shape index (κ1) is 16.4. The highest BCUT2D eigenvalue weighted by atomic mass is 79.9. The van der Waals surface area contributed by atoms with Crippen molar-refractivity contribution in [2.75, 3.05) is 12.5 Å². The molecule has 0 spiro atoms. The predicted octanol–water partition coefficient (Wildman–Crippen LogP) is 3.58. The number of aromatic hydroxyl groups is 1. The van der Waals surface area contributed by atoms with Gasteiger partial charge in [-0.25, -0.2) is 4.98 Å². The van der Waals surface area contributed by atoms with E-state index in [1.807, 2.05) is 0 Å². The van der Waals surface area contributed by atoms with Crippen LogP contribution in [0.2, 0.25) is 0 Å². The summed E-state index contributed by atoms with van der Waals surface area (Å²) in [5.41, 5.74) is 4.20. The molecule has 0 atom stereocenters. The maximum Gasteiger partial charge on any atom is 0.204 e. The molecule has 0 saturated heterocycles. The molecule has 1 heterocycles. The zero-order valence-corrected chi connectivity index (χ0v) is 14.6. The van der Waals surface area contributed by atoms with Crippen LogP contribution >= 0.6 is 27.3 Å². The number of Topliss-reactive ketones (excluding diaryl/α,β-unsaturated/α-hetero) is 1. The van der Waals surface area contributed by atoms with Gasteiger partial charge < -0.3 is 9.84 Å². The number of nitrogens with one attached hydrogen (secondary N) is 1. The summed E-state index contributed by atoms with van der Waals surface area (Å²) in [7, 11) is 1.47. The molecule has 0 aliphatic rings. The number of methoxy groups -OCH3 is 1. The lowest BCUT2D eigenvalue weighted by Gasteiger charge is -2.06. The number of anilines is 1. The maximum absolute atomic E-state index is 11.4. The Bertz CT molecular complexity index is 743. The first-order valence-corrected chi connectivity index (χ1v) is 7.87. The van der Waals surface area contributed by atoms with Crippen LogP contribution in [0.5, 0.6) is 11.5 Å². The zero-order valence-electron chi connectivity index (χ0n) is 12.2. The summed E-state index contributed by atoms with van der Waals surface area (Å²) in [5.74, 6) is 0.369. The van der Waals surface area contributed by atoms with Crippen molar-refractivity contribution >= 4 is 44.4 Å². The fraction of sp³-hybridized carbons (Fsp3) is 0.214. The van der Waals surface area contributed by atoms with Gasteiger partial charge in [0.25, 0.3) is 0 Å². The van der Waals surface area contributed by atoms with E-state index < -0.39 is 0 Å². The number of benzene rings is 1. The summed E-state index contributed by atoms with van der Waals surface area (Å²) in [6.45, 7) is 3.29. The second kappa shape index (κ2) is 6.89. The monoisotopic (exact) mass is 383 g/mol. The van der Waals surface area contributed by atoms with Crippen LogP contribution in [0.3, 0.4) is 0 Å². The van der Waals surface area contributed by atoms with Gasteiger partial charge in [-0.2, -0.15) is 5.10 Å². The second-order valence-electron chi connectivity index (χ2n) is 4.41. The van der Waals surface area contributed by atoms with E-state index in [-0.39, 0.29) is 11.5 Å². The van der Waals surface area contributed by atoms with Crippen LogP contribution in [0.25, 0.3) is 0 Å². The van der Waals surface area contributed by atoms with E-state index in [0.717, 1.165) is 5.56 Å². The van der Waals surface area contributed by atoms with Gasteiger partial charge in [0.1, 0.15) is 0 Å². The minimum atomic E-state index is -0.0146. The third-order valence-electron chi connectivity index (χ3n) is 2.76. The summed E-state index contributed by atoms with van der Waals surface area (Å²) >= 11 is 4.50. The van der Waals surface area contributed by atoms with Crippen molar-refractivity contribution in [1.29, 1.82) is 0 Å². The van der Waals surface area contributed by atoms with Gasteiger partial charge in [-0.15, -0.1) is 0 Å². The van der Waals surface area contributed by atoms with Crippen LogP contribution in [-0.4, -0.2) is 29.2 Å². The van der Waals surface area contributed by atoms with Crippen LogP contribution in [0, 0.1) is 6.92 Å². The normalized spacial score (nSPS) is 10.9. The molecule has 116 valence electrons. The molecule has 0 saturated carbocycles. The average molecular weight is 384 g/mol. The molecule has 2 rings (SSSR count). The van der Waals surface area contributed by atoms with Gasteiger partial charge in [-0.05, 0) is 40.5 Å². The van der Waals surface area contributed by atoms with E-state index in [0.29, 0.717) is 25.9 Å². The molecule has 0 radical (unpaired) electrons. The Morgan fingerprint density at radius 2 is 2.27 bits per heavy atom. The summed E-state index contributed by atoms with van der Waals surface area (Å²) in [4.78, 5) is 16.2. The molecule has 0 aliphatic carbocycles. The van der Waals surface area contributed by atoms with Crippen molar-refractivity contribution in [1.82, 2.24) is 4.98 Å². The number of halogens is 1. The van der Waals surface area contributed by atoms with Gasteiger partial charge in [0.05, 0.1) is 28.4 Å². The highest BCUT2D eigenvalue weighted by Crippen LogP contribution is 2.34. The number of phenols is 1. The van der Waals surface area contributed by atoms with Crippen molar-refractivity contribution in [3.8, 4) is 11.5 Å². The van der Waals surface area contributed by atoms with Crippen LogP contribution in [0.15, 0.2) is 21.7 Å². The Morgan fingerprint density at radius 3 is 2.86 bits per heavy atom. The van der Waals surface area contributed by atoms with E-state index in [2.05, 4.69) is 31.4 Å². The fourth-order valence-electron chi connectivity index (χ4n) is 1.76. The number of rotatable bonds is 5. The van der Waals surface area contributed by atoms with Gasteiger partial charge in [-0.1, -0.05) is 11.3 Å². The standard InChI is InChI=1S/C14H14BrN3O3S/c1-7-13(8(2)19)22-14(17-7)18-16-6-9-4-10(15)12(20)11(5-9)21-3/h4-6,20H,1-3H3,(H,17,18). The molecule has 1 aromatic heterocycles. The fourth-order valence-corrected chi connectivity index (χ4v) is 3.03. The number of nitrogens with zero attached hydrogens (tertiary/aromatic N) is 2. The van der Waals surface area contributed by atoms with Crippen LogP contribution < -0.4 is 10.2 Å². The Labute approximate surface area is 140 Å². The van der Waals surface area contributed by atoms with Gasteiger partial charge in [0.2, 0.25) is 5.13 Å². The summed E-state index contributed by atoms with van der Waals surface area (Å²) in [6.07, 6.45) is 1.57. The lowest BCUT2D eigenvalue weighted by atomic mass is 10.2. The number of thiazole rings is 1. The van der Waals surface area contributed by atoms with Crippen LogP contribution in [0.4, 0.5) is 5.13 Å². The second-order valence-corrected chi connectivity index (χ2v) is 6.27. The molecular weight excluding hydrogens is 370 g/mol. The Morgan fingerprint density at radius 1 is 1.55 bits per heavy atom. The minimum Gasteiger partial charge on any atom is -0.503 e. The number of hydrazone groups is 1. The first-order valence-electron chi connectivity index (χ1n) is 6.26. The summed E-state index contributed by atoms with van der Waals surface area (Å²) in [6, 6.07) is 3.36. The number of carbonyl (C=O) groups excluding carboxylic acids is 1. The van der Waals surface area contributed by atoms with E-state index in [1.54, 1.807) is 25.3 Å². The van der Waals surface area contributed by atoms with Crippen LogP contribution in [-0.2, 0) is 0 Å². The van der Waals surface area contributed by atoms with Gasteiger partial charge in [-0.3, -0.25) is 10.2 Å². The topological polar surface area (TPSA) is 83.8 Å². The van der Waals surface area contributed by atoms with Crippen molar-refractivity contribution < 1.29 is 14.6 Å². The van der Waals surface area contributed by atoms with E-state index in [9.17, 15) is 9.90 Å². The highest BCUT2D eigenvalue weighted by Gasteiger charge is 2.11. The number of phenolic OH excluding ortho intramolecular Hbond substituents is 1. The molecule has 6 nitrogen and oxygen atoms in total. The Hall–Kier alpha value is -1.93. The lowest BCUT2D eigenvalue weighted by molar-refractivity contribution is 0.102. The zero-order chi connectivity index (χ0) is 16.3. The summed E-state index contributed by atoms with van der Waals surface area (Å²) in [5, 5.41) is 14.4. The number of aromatic nitrogens is 1. The van der Waals surface area contributed by atoms with Gasteiger partial charge in [0, 0.05) is 6.92 Å². The van der Waals surface area contributed by atoms with Crippen molar-refractivity contribution in [3.63, 3.8) is 0 Å². The molecule has 0 amide bonds. The van der Waals surface area contributed by atoms with E-state index >= 15 is 0 Å². The number of hydrogen-bond acceptors (Lipinski definition) is 7. The van der Waals surface area contributed by atoms with Gasteiger partial charge >= 0.3 is 0 Å². The molecule has 0 bridgehead atoms. The molecule has 8 heteroatoms. The quantitative estimate of drug-likeness (QED) is 0.468. The van der Waals surface area contributed by atoms with Crippen LogP contribution in [0.1, 0.15) is 27.9 Å². The van der Waals surface area contributed by atoms with E-state index in [1.165, 1.54) is 25.4 Å². The molecule has 0 aliphatic heterocycles. The minimum absolute atomic E-state index is 0.0146. The smallest absolute Gasteiger partial charge is 0.204 e. The third kappa shape index (κ3) is 3.63. The number of carbonyl (C=O) groups is 1. The van der Waals surface area contributed by atoms with Crippen molar-refractivity contribution in [2.24, 2.45) is 5.10 Å². The number of hydrogen-bond donors (Lipinski definition) is 2. The van der Waals surface area contributed by atoms with Gasteiger partial charge in [0.15, 0.2) is 17.3 Å². The third-order valence-corrected chi connectivity index (χ3v) is 4.53. The molecule has 2 N–H and O–H groups in total. The Balaban J connectivity index is 2.14.